The summed E-state index contributed by atoms with van der Waals surface area (Å²) in [5.41, 5.74) is 7.60. The summed E-state index contributed by atoms with van der Waals surface area (Å²) < 4.78 is 0. The molecule has 2 aromatic rings. The maximum atomic E-state index is 10.9. The van der Waals surface area contributed by atoms with Gasteiger partial charge < -0.3 is 0 Å². The molecule has 2 rings (SSSR count). The molecule has 0 bridgehead atoms. The highest BCUT2D eigenvalue weighted by Crippen LogP contribution is 2.23. The van der Waals surface area contributed by atoms with Crippen LogP contribution in [0.3, 0.4) is 0 Å². The minimum atomic E-state index is -0.430. The Morgan fingerprint density at radius 2 is 1.76 bits per heavy atom. The Balaban J connectivity index is 2.23. The monoisotopic (exact) mass is 283 g/mol. The Kier molecular flexibility index (Phi) is 4.33. The van der Waals surface area contributed by atoms with Gasteiger partial charge in [0.1, 0.15) is 5.69 Å². The molecular weight excluding hydrogens is 266 g/mol. The fourth-order valence-electron chi connectivity index (χ4n) is 2.29. The minimum absolute atomic E-state index is 0.00648. The first-order valence-corrected chi connectivity index (χ1v) is 6.59. The van der Waals surface area contributed by atoms with Crippen molar-refractivity contribution in [3.05, 3.63) is 68.8 Å². The Morgan fingerprint density at radius 1 is 1.14 bits per heavy atom. The van der Waals surface area contributed by atoms with E-state index in [1.54, 1.807) is 24.4 Å². The van der Waals surface area contributed by atoms with Crippen LogP contribution in [-0.2, 0) is 0 Å². The fourth-order valence-corrected chi connectivity index (χ4v) is 2.29. The van der Waals surface area contributed by atoms with Crippen LogP contribution in [0.1, 0.15) is 22.3 Å². The van der Waals surface area contributed by atoms with Gasteiger partial charge in [-0.1, -0.05) is 29.8 Å². The second-order valence-electron chi connectivity index (χ2n) is 4.96. The lowest BCUT2D eigenvalue weighted by molar-refractivity contribution is -0.384. The molecule has 108 valence electrons. The number of nitro groups is 1. The molecule has 0 atom stereocenters. The summed E-state index contributed by atoms with van der Waals surface area (Å²) in [6.45, 7) is 6.09. The van der Waals surface area contributed by atoms with Crippen LogP contribution in [0, 0.1) is 30.9 Å². The van der Waals surface area contributed by atoms with Crippen molar-refractivity contribution in [3.8, 4) is 0 Å². The van der Waals surface area contributed by atoms with Crippen LogP contribution >= 0.6 is 0 Å². The van der Waals surface area contributed by atoms with Gasteiger partial charge >= 0.3 is 0 Å². The number of nitrogens with one attached hydrogen (secondary N) is 1. The number of anilines is 1. The third-order valence-electron chi connectivity index (χ3n) is 3.22. The van der Waals surface area contributed by atoms with Gasteiger partial charge in [-0.25, -0.2) is 0 Å². The predicted molar refractivity (Wildman–Crippen MR) is 85.0 cm³/mol. The molecule has 0 heterocycles. The molecule has 1 N–H and O–H groups in total. The molecule has 0 radical (unpaired) electrons. The summed E-state index contributed by atoms with van der Waals surface area (Å²) in [5, 5.41) is 15.0. The largest absolute Gasteiger partial charge is 0.294 e. The lowest BCUT2D eigenvalue weighted by atomic mass is 10.0. The Morgan fingerprint density at radius 3 is 2.38 bits per heavy atom. The number of benzene rings is 2. The molecule has 2 aromatic carbocycles. The Bertz CT molecular complexity index is 685. The van der Waals surface area contributed by atoms with Gasteiger partial charge in [0.15, 0.2) is 0 Å². The van der Waals surface area contributed by atoms with Crippen LogP contribution < -0.4 is 5.43 Å². The summed E-state index contributed by atoms with van der Waals surface area (Å²) in [4.78, 5) is 10.5. The van der Waals surface area contributed by atoms with E-state index in [0.717, 1.165) is 16.7 Å². The van der Waals surface area contributed by atoms with E-state index in [1.165, 1.54) is 11.6 Å². The van der Waals surface area contributed by atoms with Crippen LogP contribution in [0.5, 0.6) is 0 Å². The molecule has 0 unspecified atom stereocenters. The average molecular weight is 283 g/mol. The Hall–Kier alpha value is -2.69. The normalized spacial score (nSPS) is 10.8. The van der Waals surface area contributed by atoms with Gasteiger partial charge in [0, 0.05) is 11.6 Å². The molecule has 0 spiro atoms. The third-order valence-corrected chi connectivity index (χ3v) is 3.22. The molecular formula is C16H17N3O2. The molecule has 5 heteroatoms. The van der Waals surface area contributed by atoms with Crippen molar-refractivity contribution >= 4 is 17.6 Å². The maximum Gasteiger partial charge on any atom is 0.294 e. The van der Waals surface area contributed by atoms with E-state index in [-0.39, 0.29) is 5.69 Å². The highest BCUT2D eigenvalue weighted by molar-refractivity contribution is 5.84. The van der Waals surface area contributed by atoms with E-state index < -0.39 is 4.92 Å². The van der Waals surface area contributed by atoms with Crippen molar-refractivity contribution in [2.24, 2.45) is 5.10 Å². The van der Waals surface area contributed by atoms with Crippen molar-refractivity contribution in [2.45, 2.75) is 20.8 Å². The fraction of sp³-hybridized carbons (Fsp3) is 0.188. The summed E-state index contributed by atoms with van der Waals surface area (Å²) in [7, 11) is 0. The minimum Gasteiger partial charge on any atom is -0.272 e. The second kappa shape index (κ2) is 6.17. The molecule has 0 fully saturated rings. The molecule has 5 nitrogen and oxygen atoms in total. The van der Waals surface area contributed by atoms with E-state index in [2.05, 4.69) is 22.7 Å². The van der Waals surface area contributed by atoms with Gasteiger partial charge in [-0.05, 0) is 38.0 Å². The van der Waals surface area contributed by atoms with Crippen molar-refractivity contribution in [2.75, 3.05) is 5.43 Å². The Labute approximate surface area is 123 Å². The van der Waals surface area contributed by atoms with Crippen LogP contribution in [-0.4, -0.2) is 11.1 Å². The number of hydrogen-bond acceptors (Lipinski definition) is 4. The number of para-hydroxylation sites is 2. The smallest absolute Gasteiger partial charge is 0.272 e. The molecule has 0 amide bonds. The predicted octanol–water partition coefficient (Wildman–Crippen LogP) is 3.97. The van der Waals surface area contributed by atoms with Gasteiger partial charge in [0.05, 0.1) is 11.1 Å². The molecule has 21 heavy (non-hydrogen) atoms. The lowest BCUT2D eigenvalue weighted by Crippen LogP contribution is -1.98. The highest BCUT2D eigenvalue weighted by Gasteiger charge is 2.11. The maximum absolute atomic E-state index is 10.9. The van der Waals surface area contributed by atoms with Crippen molar-refractivity contribution < 1.29 is 4.92 Å². The van der Waals surface area contributed by atoms with E-state index in [0.29, 0.717) is 5.69 Å². The second-order valence-corrected chi connectivity index (χ2v) is 4.96. The standard InChI is InChI=1S/C16H17N3O2/c1-11-8-12(2)14(13(3)9-11)10-17-18-15-6-4-5-7-16(15)19(20)21/h4-10,18H,1-3H3/b17-10+. The van der Waals surface area contributed by atoms with Gasteiger partial charge in [0.2, 0.25) is 0 Å². The van der Waals surface area contributed by atoms with Crippen molar-refractivity contribution in [1.29, 1.82) is 0 Å². The van der Waals surface area contributed by atoms with Crippen LogP contribution in [0.4, 0.5) is 11.4 Å². The molecule has 0 aliphatic carbocycles. The molecule has 0 aliphatic rings. The van der Waals surface area contributed by atoms with Crippen molar-refractivity contribution in [1.82, 2.24) is 0 Å². The van der Waals surface area contributed by atoms with Crippen LogP contribution in [0.25, 0.3) is 0 Å². The summed E-state index contributed by atoms with van der Waals surface area (Å²) in [5.74, 6) is 0. The summed E-state index contributed by atoms with van der Waals surface area (Å²) >= 11 is 0. The van der Waals surface area contributed by atoms with E-state index >= 15 is 0 Å². The first-order chi connectivity index (χ1) is 9.99. The van der Waals surface area contributed by atoms with Crippen LogP contribution in [0.2, 0.25) is 0 Å². The first kappa shape index (κ1) is 14.7. The number of hydrazone groups is 1. The average Bonchev–Trinajstić information content (AvgIpc) is 2.42. The summed E-state index contributed by atoms with van der Waals surface area (Å²) in [6, 6.07) is 10.6. The van der Waals surface area contributed by atoms with Crippen molar-refractivity contribution in [3.63, 3.8) is 0 Å². The zero-order valence-electron chi connectivity index (χ0n) is 12.3. The van der Waals surface area contributed by atoms with Gasteiger partial charge in [-0.15, -0.1) is 0 Å². The number of aryl methyl sites for hydroxylation is 3. The molecule has 0 saturated heterocycles. The quantitative estimate of drug-likeness (QED) is 0.524. The number of nitrogens with zero attached hydrogens (tertiary/aromatic N) is 2. The first-order valence-electron chi connectivity index (χ1n) is 6.59. The molecule has 0 saturated carbocycles. The number of rotatable bonds is 4. The molecule has 0 aromatic heterocycles. The summed E-state index contributed by atoms with van der Waals surface area (Å²) in [6.07, 6.45) is 1.70. The van der Waals surface area contributed by atoms with Gasteiger partial charge in [-0.2, -0.15) is 5.10 Å². The zero-order chi connectivity index (χ0) is 15.4. The van der Waals surface area contributed by atoms with Gasteiger partial charge in [-0.3, -0.25) is 15.5 Å². The SMILES string of the molecule is Cc1cc(C)c(/C=N/Nc2ccccc2[N+](=O)[O-])c(C)c1. The highest BCUT2D eigenvalue weighted by atomic mass is 16.6. The van der Waals surface area contributed by atoms with E-state index in [4.69, 9.17) is 0 Å². The number of hydrogen-bond donors (Lipinski definition) is 1. The number of nitro benzene ring substituents is 1. The molecule has 0 aliphatic heterocycles. The van der Waals surface area contributed by atoms with E-state index in [9.17, 15) is 10.1 Å². The van der Waals surface area contributed by atoms with Crippen LogP contribution in [0.15, 0.2) is 41.5 Å². The lowest BCUT2D eigenvalue weighted by Gasteiger charge is -2.07. The van der Waals surface area contributed by atoms with Gasteiger partial charge in [0.25, 0.3) is 5.69 Å². The topological polar surface area (TPSA) is 67.5 Å². The zero-order valence-corrected chi connectivity index (χ0v) is 12.3. The van der Waals surface area contributed by atoms with E-state index in [1.807, 2.05) is 20.8 Å². The third kappa shape index (κ3) is 3.45.